The Bertz CT molecular complexity index is 452. The third-order valence-corrected chi connectivity index (χ3v) is 3.18. The van der Waals surface area contributed by atoms with Crippen molar-refractivity contribution >= 4 is 11.9 Å². The minimum atomic E-state index is -2.60. The highest BCUT2D eigenvalue weighted by atomic mass is 19.3. The predicted molar refractivity (Wildman–Crippen MR) is 59.6 cm³/mol. The molecule has 7 heteroatoms. The quantitative estimate of drug-likeness (QED) is 0.893. The molecule has 1 aromatic rings. The molecule has 1 aliphatic rings. The molecule has 1 unspecified atom stereocenters. The van der Waals surface area contributed by atoms with Gasteiger partial charge in [0.2, 0.25) is 5.95 Å². The van der Waals surface area contributed by atoms with Crippen LogP contribution in [0.5, 0.6) is 0 Å². The lowest BCUT2D eigenvalue weighted by Gasteiger charge is -2.19. The largest absolute Gasteiger partial charge is 0.481 e. The van der Waals surface area contributed by atoms with E-state index in [9.17, 15) is 13.6 Å². The Morgan fingerprint density at radius 2 is 2.11 bits per heavy atom. The van der Waals surface area contributed by atoms with E-state index in [1.165, 1.54) is 0 Å². The van der Waals surface area contributed by atoms with Crippen molar-refractivity contribution in [1.82, 2.24) is 9.97 Å². The summed E-state index contributed by atoms with van der Waals surface area (Å²) in [6.45, 7) is 2.45. The van der Waals surface area contributed by atoms with Gasteiger partial charge in [0, 0.05) is 25.5 Å². The van der Waals surface area contributed by atoms with Crippen LogP contribution in [-0.4, -0.2) is 34.1 Å². The number of hydrogen-bond acceptors (Lipinski definition) is 4. The zero-order chi connectivity index (χ0) is 13.3. The maximum Gasteiger partial charge on any atom is 0.311 e. The number of alkyl halides is 2. The molecule has 18 heavy (non-hydrogen) atoms. The number of hydrogen-bond donors (Lipinski definition) is 1. The van der Waals surface area contributed by atoms with Crippen molar-refractivity contribution < 1.29 is 18.7 Å². The van der Waals surface area contributed by atoms with E-state index in [2.05, 4.69) is 9.97 Å². The first-order valence-corrected chi connectivity index (χ1v) is 5.51. The van der Waals surface area contributed by atoms with Gasteiger partial charge in [-0.3, -0.25) is 4.79 Å². The van der Waals surface area contributed by atoms with Crippen LogP contribution in [0.2, 0.25) is 0 Å². The fourth-order valence-corrected chi connectivity index (χ4v) is 1.91. The van der Waals surface area contributed by atoms with Gasteiger partial charge in [0.25, 0.3) is 6.43 Å². The van der Waals surface area contributed by atoms with Crippen molar-refractivity contribution in [1.29, 1.82) is 0 Å². The van der Waals surface area contributed by atoms with E-state index in [4.69, 9.17) is 5.11 Å². The van der Waals surface area contributed by atoms with Crippen LogP contribution in [0, 0.1) is 5.41 Å². The summed E-state index contributed by atoms with van der Waals surface area (Å²) < 4.78 is 24.7. The number of carboxylic acids is 1. The second-order valence-electron chi connectivity index (χ2n) is 4.65. The topological polar surface area (TPSA) is 66.3 Å². The second-order valence-corrected chi connectivity index (χ2v) is 4.65. The van der Waals surface area contributed by atoms with Crippen LogP contribution in [0.15, 0.2) is 12.4 Å². The van der Waals surface area contributed by atoms with Crippen LogP contribution in [0.1, 0.15) is 25.3 Å². The van der Waals surface area contributed by atoms with Crippen LogP contribution in [0.3, 0.4) is 0 Å². The van der Waals surface area contributed by atoms with Gasteiger partial charge in [0.05, 0.1) is 11.0 Å². The van der Waals surface area contributed by atoms with Gasteiger partial charge >= 0.3 is 5.97 Å². The number of halogens is 2. The molecule has 1 saturated heterocycles. The highest BCUT2D eigenvalue weighted by Crippen LogP contribution is 2.32. The normalized spacial score (nSPS) is 23.7. The third kappa shape index (κ3) is 2.25. The van der Waals surface area contributed by atoms with E-state index >= 15 is 0 Å². The molecule has 0 aliphatic carbocycles. The first-order chi connectivity index (χ1) is 8.42. The van der Waals surface area contributed by atoms with Gasteiger partial charge in [-0.2, -0.15) is 0 Å². The number of anilines is 1. The van der Waals surface area contributed by atoms with Gasteiger partial charge < -0.3 is 10.0 Å². The van der Waals surface area contributed by atoms with Crippen LogP contribution in [-0.2, 0) is 4.79 Å². The van der Waals surface area contributed by atoms with E-state index < -0.39 is 17.8 Å². The molecule has 0 spiro atoms. The first kappa shape index (κ1) is 12.7. The summed E-state index contributed by atoms with van der Waals surface area (Å²) in [4.78, 5) is 20.5. The fraction of sp³-hybridized carbons (Fsp3) is 0.545. The van der Waals surface area contributed by atoms with Crippen LogP contribution in [0.4, 0.5) is 14.7 Å². The predicted octanol–water partition coefficient (Wildman–Crippen LogP) is 1.72. The van der Waals surface area contributed by atoms with Crippen molar-refractivity contribution in [2.24, 2.45) is 5.41 Å². The molecule has 0 bridgehead atoms. The Labute approximate surface area is 102 Å². The highest BCUT2D eigenvalue weighted by Gasteiger charge is 2.41. The summed E-state index contributed by atoms with van der Waals surface area (Å²) in [5, 5.41) is 9.09. The Hall–Kier alpha value is -1.79. The van der Waals surface area contributed by atoms with Crippen molar-refractivity contribution in [2.75, 3.05) is 18.0 Å². The summed E-state index contributed by atoms with van der Waals surface area (Å²) in [5.41, 5.74) is -1.07. The van der Waals surface area contributed by atoms with Crippen molar-refractivity contribution in [3.63, 3.8) is 0 Å². The minimum Gasteiger partial charge on any atom is -0.481 e. The Kier molecular flexibility index (Phi) is 3.14. The monoisotopic (exact) mass is 257 g/mol. The summed E-state index contributed by atoms with van der Waals surface area (Å²) >= 11 is 0. The van der Waals surface area contributed by atoms with Gasteiger partial charge in [-0.15, -0.1) is 0 Å². The third-order valence-electron chi connectivity index (χ3n) is 3.18. The average molecular weight is 257 g/mol. The Morgan fingerprint density at radius 1 is 1.50 bits per heavy atom. The van der Waals surface area contributed by atoms with Gasteiger partial charge in [-0.1, -0.05) is 0 Å². The number of nitrogens with zero attached hydrogens (tertiary/aromatic N) is 3. The van der Waals surface area contributed by atoms with E-state index in [1.54, 1.807) is 11.8 Å². The number of aliphatic carboxylic acids is 1. The average Bonchev–Trinajstić information content (AvgIpc) is 2.73. The fourth-order valence-electron chi connectivity index (χ4n) is 1.91. The van der Waals surface area contributed by atoms with Gasteiger partial charge in [0.1, 0.15) is 0 Å². The van der Waals surface area contributed by atoms with Crippen molar-refractivity contribution in [3.05, 3.63) is 18.0 Å². The van der Waals surface area contributed by atoms with Crippen LogP contribution in [0.25, 0.3) is 0 Å². The lowest BCUT2D eigenvalue weighted by Crippen LogP contribution is -2.32. The van der Waals surface area contributed by atoms with Crippen molar-refractivity contribution in [3.8, 4) is 0 Å². The summed E-state index contributed by atoms with van der Waals surface area (Å²) in [5.74, 6) is -0.571. The standard InChI is InChI=1S/C11H13F2N3O2/c1-11(9(17)18)2-3-16(6-11)10-14-4-7(5-15-10)8(12)13/h4-5,8H,2-3,6H2,1H3,(H,17,18). The Morgan fingerprint density at radius 3 is 2.56 bits per heavy atom. The SMILES string of the molecule is CC1(C(=O)O)CCN(c2ncc(C(F)F)cn2)C1. The number of rotatable bonds is 3. The summed E-state index contributed by atoms with van der Waals surface area (Å²) in [6, 6.07) is 0. The smallest absolute Gasteiger partial charge is 0.311 e. The minimum absolute atomic E-state index is 0.237. The van der Waals surface area contributed by atoms with E-state index in [-0.39, 0.29) is 12.1 Å². The molecule has 0 saturated carbocycles. The van der Waals surface area contributed by atoms with E-state index in [0.717, 1.165) is 12.4 Å². The zero-order valence-corrected chi connectivity index (χ0v) is 9.81. The van der Waals surface area contributed by atoms with Crippen LogP contribution < -0.4 is 4.90 Å². The number of carbonyl (C=O) groups is 1. The molecule has 1 atom stereocenters. The van der Waals surface area contributed by atoms with Gasteiger partial charge in [-0.25, -0.2) is 18.7 Å². The lowest BCUT2D eigenvalue weighted by atomic mass is 9.90. The molecule has 0 amide bonds. The first-order valence-electron chi connectivity index (χ1n) is 5.51. The lowest BCUT2D eigenvalue weighted by molar-refractivity contribution is -0.146. The number of carboxylic acid groups (broad SMARTS) is 1. The molecule has 1 fully saturated rings. The van der Waals surface area contributed by atoms with Crippen LogP contribution >= 0.6 is 0 Å². The van der Waals surface area contributed by atoms with Gasteiger partial charge in [-0.05, 0) is 13.3 Å². The van der Waals surface area contributed by atoms with Crippen molar-refractivity contribution in [2.45, 2.75) is 19.8 Å². The molecule has 0 aromatic carbocycles. The van der Waals surface area contributed by atoms with Gasteiger partial charge in [0.15, 0.2) is 0 Å². The molecule has 1 aromatic heterocycles. The molecule has 98 valence electrons. The molecule has 1 aliphatic heterocycles. The van der Waals surface area contributed by atoms with E-state index in [0.29, 0.717) is 18.9 Å². The Balaban J connectivity index is 2.12. The van der Waals surface area contributed by atoms with E-state index in [1.807, 2.05) is 0 Å². The summed E-state index contributed by atoms with van der Waals surface area (Å²) in [7, 11) is 0. The molecule has 0 radical (unpaired) electrons. The molecule has 1 N–H and O–H groups in total. The summed E-state index contributed by atoms with van der Waals surface area (Å²) in [6.07, 6.45) is 0.0386. The number of aromatic nitrogens is 2. The zero-order valence-electron chi connectivity index (χ0n) is 9.81. The maximum absolute atomic E-state index is 12.3. The molecular weight excluding hydrogens is 244 g/mol. The molecule has 2 heterocycles. The molecule has 2 rings (SSSR count). The second kappa shape index (κ2) is 4.47. The molecule has 5 nitrogen and oxygen atoms in total. The molecular formula is C11H13F2N3O2. The maximum atomic E-state index is 12.3. The highest BCUT2D eigenvalue weighted by molar-refractivity contribution is 5.76.